The first-order valence-electron chi connectivity index (χ1n) is 5.76. The van der Waals surface area contributed by atoms with Crippen LogP contribution in [0.15, 0.2) is 18.2 Å². The fraction of sp³-hybridized carbons (Fsp3) is 0.0714. The van der Waals surface area contributed by atoms with Gasteiger partial charge in [0.1, 0.15) is 5.82 Å². The summed E-state index contributed by atoms with van der Waals surface area (Å²) in [6, 6.07) is 3.81. The van der Waals surface area contributed by atoms with E-state index in [-0.39, 0.29) is 42.7 Å². The van der Waals surface area contributed by atoms with Gasteiger partial charge in [0.15, 0.2) is 0 Å². The smallest absolute Gasteiger partial charge is 0.307 e. The topological polar surface area (TPSA) is 37.3 Å². The van der Waals surface area contributed by atoms with Gasteiger partial charge in [0.05, 0.1) is 31.5 Å². The van der Waals surface area contributed by atoms with E-state index in [9.17, 15) is 9.18 Å². The summed E-state index contributed by atoms with van der Waals surface area (Å²) in [7, 11) is 0. The van der Waals surface area contributed by atoms with Gasteiger partial charge in [-0.1, -0.05) is 64.1 Å². The fourth-order valence-electron chi connectivity index (χ4n) is 1.89. The van der Waals surface area contributed by atoms with E-state index in [1.54, 1.807) is 0 Å². The summed E-state index contributed by atoms with van der Waals surface area (Å²) >= 11 is 30.0. The van der Waals surface area contributed by atoms with Gasteiger partial charge >= 0.3 is 5.97 Å². The Morgan fingerprint density at radius 3 is 1.95 bits per heavy atom. The first-order valence-corrected chi connectivity index (χ1v) is 7.65. The summed E-state index contributed by atoms with van der Waals surface area (Å²) in [5.74, 6) is -1.70. The molecular weight excluding hydrogens is 396 g/mol. The van der Waals surface area contributed by atoms with E-state index in [2.05, 4.69) is 0 Å². The zero-order valence-electron chi connectivity index (χ0n) is 10.6. The van der Waals surface area contributed by atoms with Crippen LogP contribution in [0.25, 0.3) is 11.1 Å². The van der Waals surface area contributed by atoms with Gasteiger partial charge in [-0.3, -0.25) is 4.79 Å². The molecule has 2 aromatic carbocycles. The predicted molar refractivity (Wildman–Crippen MR) is 88.2 cm³/mol. The lowest BCUT2D eigenvalue weighted by molar-refractivity contribution is -0.136. The molecule has 0 amide bonds. The SMILES string of the molecule is O=C(O)Cc1ccc(F)c(-c2c(Cl)c(Cl)c(Cl)c(Cl)c2Cl)c1. The van der Waals surface area contributed by atoms with Crippen molar-refractivity contribution in [3.05, 3.63) is 54.7 Å². The lowest BCUT2D eigenvalue weighted by Crippen LogP contribution is -2.01. The number of halogens is 6. The van der Waals surface area contributed by atoms with Crippen LogP contribution < -0.4 is 0 Å². The van der Waals surface area contributed by atoms with Gasteiger partial charge in [0.2, 0.25) is 0 Å². The van der Waals surface area contributed by atoms with Crippen molar-refractivity contribution in [3.8, 4) is 11.1 Å². The average Bonchev–Trinajstić information content (AvgIpc) is 2.46. The third kappa shape index (κ3) is 3.29. The van der Waals surface area contributed by atoms with Gasteiger partial charge in [-0.05, 0) is 17.7 Å². The third-order valence-electron chi connectivity index (χ3n) is 2.87. The number of carbonyl (C=O) groups is 1. The molecule has 0 aliphatic rings. The molecule has 0 aliphatic carbocycles. The zero-order chi connectivity index (χ0) is 16.6. The first kappa shape index (κ1) is 17.6. The minimum atomic E-state index is -1.05. The molecule has 0 spiro atoms. The highest BCUT2D eigenvalue weighted by molar-refractivity contribution is 6.56. The van der Waals surface area contributed by atoms with Crippen LogP contribution in [0, 0.1) is 5.82 Å². The largest absolute Gasteiger partial charge is 0.481 e. The predicted octanol–water partition coefficient (Wildman–Crippen LogP) is 6.39. The molecule has 0 heterocycles. The van der Waals surface area contributed by atoms with Crippen molar-refractivity contribution < 1.29 is 14.3 Å². The van der Waals surface area contributed by atoms with Crippen molar-refractivity contribution in [2.75, 3.05) is 0 Å². The van der Waals surface area contributed by atoms with Crippen molar-refractivity contribution in [1.82, 2.24) is 0 Å². The summed E-state index contributed by atoms with van der Waals surface area (Å²) in [5, 5.41) is 8.54. The van der Waals surface area contributed by atoms with Crippen LogP contribution in [0.5, 0.6) is 0 Å². The maximum Gasteiger partial charge on any atom is 0.307 e. The number of hydrogen-bond donors (Lipinski definition) is 1. The number of carboxylic acids is 1. The van der Waals surface area contributed by atoms with Gasteiger partial charge in [-0.15, -0.1) is 0 Å². The van der Waals surface area contributed by atoms with E-state index in [0.717, 1.165) is 6.07 Å². The number of hydrogen-bond acceptors (Lipinski definition) is 1. The minimum absolute atomic E-state index is 0.00535. The average molecular weight is 402 g/mol. The molecule has 0 saturated heterocycles. The summed E-state index contributed by atoms with van der Waals surface area (Å²) in [4.78, 5) is 10.8. The third-order valence-corrected chi connectivity index (χ3v) is 5.14. The zero-order valence-corrected chi connectivity index (χ0v) is 14.3. The fourth-order valence-corrected chi connectivity index (χ4v) is 3.23. The molecule has 2 rings (SSSR count). The molecule has 0 aromatic heterocycles. The summed E-state index contributed by atoms with van der Waals surface area (Å²) < 4.78 is 14.1. The highest BCUT2D eigenvalue weighted by atomic mass is 35.5. The molecule has 0 atom stereocenters. The number of carboxylic acid groups (broad SMARTS) is 1. The monoisotopic (exact) mass is 400 g/mol. The molecule has 0 saturated carbocycles. The van der Waals surface area contributed by atoms with Gasteiger partial charge in [0.25, 0.3) is 0 Å². The molecule has 0 bridgehead atoms. The van der Waals surface area contributed by atoms with E-state index in [0.29, 0.717) is 5.56 Å². The van der Waals surface area contributed by atoms with Crippen molar-refractivity contribution >= 4 is 64.0 Å². The van der Waals surface area contributed by atoms with Crippen LogP contribution >= 0.6 is 58.0 Å². The Kier molecular flexibility index (Phi) is 5.46. The Morgan fingerprint density at radius 2 is 1.45 bits per heavy atom. The Labute approximate surface area is 150 Å². The maximum atomic E-state index is 14.1. The molecule has 8 heteroatoms. The highest BCUT2D eigenvalue weighted by Gasteiger charge is 2.22. The molecule has 0 aliphatic heterocycles. The second kappa shape index (κ2) is 6.81. The van der Waals surface area contributed by atoms with Crippen LogP contribution in [-0.4, -0.2) is 11.1 Å². The molecule has 2 aromatic rings. The first-order chi connectivity index (χ1) is 10.2. The van der Waals surface area contributed by atoms with Crippen LogP contribution in [-0.2, 0) is 11.2 Å². The Bertz CT molecular complexity index is 747. The van der Waals surface area contributed by atoms with Crippen molar-refractivity contribution in [2.45, 2.75) is 6.42 Å². The molecule has 0 fully saturated rings. The van der Waals surface area contributed by atoms with E-state index in [1.807, 2.05) is 0 Å². The van der Waals surface area contributed by atoms with Gasteiger partial charge in [-0.25, -0.2) is 4.39 Å². The highest BCUT2D eigenvalue weighted by Crippen LogP contribution is 2.48. The van der Waals surface area contributed by atoms with Crippen LogP contribution in [0.1, 0.15) is 5.56 Å². The van der Waals surface area contributed by atoms with E-state index in [1.165, 1.54) is 12.1 Å². The summed E-state index contributed by atoms with van der Waals surface area (Å²) in [6.45, 7) is 0. The second-order valence-corrected chi connectivity index (χ2v) is 6.22. The lowest BCUT2D eigenvalue weighted by atomic mass is 10.0. The summed E-state index contributed by atoms with van der Waals surface area (Å²) in [6.07, 6.45) is -0.280. The Balaban J connectivity index is 2.74. The molecule has 1 N–H and O–H groups in total. The van der Waals surface area contributed by atoms with Crippen LogP contribution in [0.4, 0.5) is 4.39 Å². The normalized spacial score (nSPS) is 10.8. The Hall–Kier alpha value is -0.710. The van der Waals surface area contributed by atoms with Crippen molar-refractivity contribution in [3.63, 3.8) is 0 Å². The number of benzene rings is 2. The molecule has 0 unspecified atom stereocenters. The second-order valence-electron chi connectivity index (χ2n) is 4.33. The molecule has 22 heavy (non-hydrogen) atoms. The van der Waals surface area contributed by atoms with Gasteiger partial charge in [-0.2, -0.15) is 0 Å². The van der Waals surface area contributed by atoms with Crippen molar-refractivity contribution in [2.24, 2.45) is 0 Å². The quantitative estimate of drug-likeness (QED) is 0.477. The van der Waals surface area contributed by atoms with E-state index >= 15 is 0 Å². The van der Waals surface area contributed by atoms with Gasteiger partial charge < -0.3 is 5.11 Å². The Morgan fingerprint density at radius 1 is 0.955 bits per heavy atom. The van der Waals surface area contributed by atoms with Crippen LogP contribution in [0.3, 0.4) is 0 Å². The van der Waals surface area contributed by atoms with Crippen molar-refractivity contribution in [1.29, 1.82) is 0 Å². The standard InChI is InChI=1S/C14H6Cl5FO2/c15-10-9(11(16)13(18)14(19)12(10)17)6-3-5(4-8(21)22)1-2-7(6)20/h1-3H,4H2,(H,21,22). The van der Waals surface area contributed by atoms with Gasteiger partial charge in [0, 0.05) is 11.1 Å². The molecule has 116 valence electrons. The molecule has 0 radical (unpaired) electrons. The molecular formula is C14H6Cl5FO2. The van der Waals surface area contributed by atoms with E-state index in [4.69, 9.17) is 63.1 Å². The maximum absolute atomic E-state index is 14.1. The minimum Gasteiger partial charge on any atom is -0.481 e. The van der Waals surface area contributed by atoms with E-state index < -0.39 is 11.8 Å². The molecule has 2 nitrogen and oxygen atoms in total. The number of rotatable bonds is 3. The summed E-state index contributed by atoms with van der Waals surface area (Å²) in [5.41, 5.74) is 0.430. The lowest BCUT2D eigenvalue weighted by Gasteiger charge is -2.14. The number of aliphatic carboxylic acids is 1. The van der Waals surface area contributed by atoms with Crippen LogP contribution in [0.2, 0.25) is 25.1 Å².